The van der Waals surface area contributed by atoms with Crippen LogP contribution in [0.5, 0.6) is 0 Å². The molecule has 0 aliphatic carbocycles. The van der Waals surface area contributed by atoms with Crippen molar-refractivity contribution in [3.63, 3.8) is 0 Å². The average Bonchev–Trinajstić information content (AvgIpc) is 2.21. The Bertz CT molecular complexity index is 347. The molecule has 0 spiro atoms. The molecule has 0 fully saturated rings. The van der Waals surface area contributed by atoms with E-state index in [-0.39, 0.29) is 57.8 Å². The third-order valence-electron chi connectivity index (χ3n) is 2.58. The molecule has 0 N–H and O–H groups in total. The molecule has 0 aromatic carbocycles. The van der Waals surface area contributed by atoms with E-state index in [1.165, 1.54) is 0 Å². The summed E-state index contributed by atoms with van der Waals surface area (Å²) in [6.07, 6.45) is 2.11. The normalized spacial score (nSPS) is 13.2. The van der Waals surface area contributed by atoms with E-state index in [1.807, 2.05) is 6.92 Å². The van der Waals surface area contributed by atoms with Crippen molar-refractivity contribution in [2.45, 2.75) is 63.0 Å². The summed E-state index contributed by atoms with van der Waals surface area (Å²) in [6.45, 7) is 1.97. The summed E-state index contributed by atoms with van der Waals surface area (Å²) in [5.74, 6) is -4.81. The van der Waals surface area contributed by atoms with E-state index in [2.05, 4.69) is 0 Å². The van der Waals surface area contributed by atoms with Crippen molar-refractivity contribution < 1.29 is 81.9 Å². The fourth-order valence-corrected chi connectivity index (χ4v) is 1.92. The first-order chi connectivity index (χ1) is 8.06. The van der Waals surface area contributed by atoms with Gasteiger partial charge in [-0.1, -0.05) is 39.0 Å². The van der Waals surface area contributed by atoms with Crippen molar-refractivity contribution in [1.29, 1.82) is 0 Å². The van der Waals surface area contributed by atoms with Crippen LogP contribution in [0.1, 0.15) is 51.9 Å². The Morgan fingerprint density at radius 3 is 1.79 bits per heavy atom. The molecule has 0 heterocycles. The predicted octanol–water partition coefficient (Wildman–Crippen LogP) is 0.514. The molecule has 0 rings (SSSR count). The number of halogens is 4. The van der Waals surface area contributed by atoms with Crippen molar-refractivity contribution in [3.8, 4) is 0 Å². The maximum Gasteiger partial charge on any atom is 1.00 e. The molecule has 9 heteroatoms. The van der Waals surface area contributed by atoms with E-state index >= 15 is 0 Å². The second-order valence-electron chi connectivity index (χ2n) is 4.19. The van der Waals surface area contributed by atoms with Gasteiger partial charge in [-0.05, 0) is 6.42 Å². The second-order valence-corrected chi connectivity index (χ2v) is 5.61. The quantitative estimate of drug-likeness (QED) is 0.268. The Kier molecular flexibility index (Phi) is 11.1. The van der Waals surface area contributed by atoms with Crippen molar-refractivity contribution in [2.24, 2.45) is 0 Å². The smallest absolute Gasteiger partial charge is 0.743 e. The Morgan fingerprint density at radius 2 is 1.37 bits per heavy atom. The first-order valence-electron chi connectivity index (χ1n) is 5.77. The molecule has 3 nitrogen and oxygen atoms in total. The number of unbranched alkanes of at least 4 members (excludes halogenated alkanes) is 5. The summed E-state index contributed by atoms with van der Waals surface area (Å²) in [5, 5.41) is -5.54. The van der Waals surface area contributed by atoms with Gasteiger partial charge in [0.2, 0.25) is 0 Å². The van der Waals surface area contributed by atoms with Gasteiger partial charge in [0.25, 0.3) is 0 Å². The molecule has 0 aliphatic rings. The molecular formula is C10H17F4KO3S. The molecule has 0 saturated heterocycles. The SMILES string of the molecule is CCCCCCCCC(F)(F)C(F)(F)S(=O)(=O)[O-].[K+]. The van der Waals surface area contributed by atoms with Crippen LogP contribution in [0, 0.1) is 0 Å². The first kappa shape index (κ1) is 22.5. The maximum absolute atomic E-state index is 12.9. The third-order valence-corrected chi connectivity index (χ3v) is 3.51. The van der Waals surface area contributed by atoms with Gasteiger partial charge in [0.1, 0.15) is 0 Å². The molecule has 0 aromatic rings. The van der Waals surface area contributed by atoms with Gasteiger partial charge >= 0.3 is 62.6 Å². The minimum atomic E-state index is -6.34. The Balaban J connectivity index is 0. The van der Waals surface area contributed by atoms with E-state index in [1.54, 1.807) is 0 Å². The molecule has 0 aliphatic heterocycles. The van der Waals surface area contributed by atoms with Gasteiger partial charge in [-0.25, -0.2) is 8.42 Å². The van der Waals surface area contributed by atoms with Gasteiger partial charge in [0, 0.05) is 6.42 Å². The molecule has 0 saturated carbocycles. The Hall–Kier alpha value is 1.27. The van der Waals surface area contributed by atoms with E-state index < -0.39 is 27.7 Å². The molecule has 0 radical (unpaired) electrons. The van der Waals surface area contributed by atoms with Gasteiger partial charge in [0.05, 0.1) is 0 Å². The summed E-state index contributed by atoms with van der Waals surface area (Å²) in [6, 6.07) is 0. The number of rotatable bonds is 9. The summed E-state index contributed by atoms with van der Waals surface area (Å²) in [7, 11) is -6.34. The molecule has 0 amide bonds. The van der Waals surface area contributed by atoms with E-state index in [0.717, 1.165) is 19.3 Å². The van der Waals surface area contributed by atoms with Gasteiger partial charge in [-0.15, -0.1) is 0 Å². The minimum absolute atomic E-state index is 0. The van der Waals surface area contributed by atoms with Crippen LogP contribution in [0.15, 0.2) is 0 Å². The van der Waals surface area contributed by atoms with Crippen LogP contribution in [0.25, 0.3) is 0 Å². The van der Waals surface area contributed by atoms with Crippen molar-refractivity contribution in [2.75, 3.05) is 0 Å². The van der Waals surface area contributed by atoms with E-state index in [0.29, 0.717) is 12.8 Å². The predicted molar refractivity (Wildman–Crippen MR) is 57.6 cm³/mol. The summed E-state index contributed by atoms with van der Waals surface area (Å²) >= 11 is 0. The number of hydrogen-bond acceptors (Lipinski definition) is 3. The largest absolute Gasteiger partial charge is 1.00 e. The van der Waals surface area contributed by atoms with Gasteiger partial charge < -0.3 is 4.55 Å². The second kappa shape index (κ2) is 9.32. The fraction of sp³-hybridized carbons (Fsp3) is 1.00. The van der Waals surface area contributed by atoms with Crippen LogP contribution in [0.2, 0.25) is 0 Å². The Labute approximate surface area is 153 Å². The molecule has 19 heavy (non-hydrogen) atoms. The van der Waals surface area contributed by atoms with Crippen molar-refractivity contribution >= 4 is 10.1 Å². The monoisotopic (exact) mass is 332 g/mol. The van der Waals surface area contributed by atoms with E-state index in [9.17, 15) is 30.5 Å². The zero-order valence-corrected chi connectivity index (χ0v) is 15.0. The van der Waals surface area contributed by atoms with Crippen LogP contribution in [0.3, 0.4) is 0 Å². The first-order valence-corrected chi connectivity index (χ1v) is 7.18. The summed E-state index contributed by atoms with van der Waals surface area (Å²) in [5.41, 5.74) is 0. The minimum Gasteiger partial charge on any atom is -0.743 e. The zero-order chi connectivity index (χ0) is 14.4. The van der Waals surface area contributed by atoms with Crippen LogP contribution in [-0.2, 0) is 10.1 Å². The fourth-order valence-electron chi connectivity index (χ4n) is 1.46. The molecule has 0 bridgehead atoms. The average molecular weight is 332 g/mol. The van der Waals surface area contributed by atoms with Gasteiger partial charge in [-0.3, -0.25) is 0 Å². The maximum atomic E-state index is 12.9. The van der Waals surface area contributed by atoms with Crippen LogP contribution >= 0.6 is 0 Å². The summed E-state index contributed by atoms with van der Waals surface area (Å²) in [4.78, 5) is 0. The van der Waals surface area contributed by atoms with Crippen LogP contribution < -0.4 is 51.4 Å². The van der Waals surface area contributed by atoms with Crippen LogP contribution in [-0.4, -0.2) is 24.1 Å². The number of alkyl halides is 4. The Morgan fingerprint density at radius 1 is 0.947 bits per heavy atom. The van der Waals surface area contributed by atoms with Crippen LogP contribution in [0.4, 0.5) is 17.6 Å². The standard InChI is InChI=1S/C10H18F4O3S.K/c1-2-3-4-5-6-7-8-9(11,12)10(13,14)18(15,16)17;/h2-8H2,1H3,(H,15,16,17);/q;+1/p-1. The molecule has 0 unspecified atom stereocenters. The van der Waals surface area contributed by atoms with Gasteiger partial charge in [-0.2, -0.15) is 17.6 Å². The topological polar surface area (TPSA) is 57.2 Å². The van der Waals surface area contributed by atoms with E-state index in [4.69, 9.17) is 0 Å². The van der Waals surface area contributed by atoms with Crippen molar-refractivity contribution in [3.05, 3.63) is 0 Å². The molecule has 0 atom stereocenters. The number of hydrogen-bond donors (Lipinski definition) is 0. The van der Waals surface area contributed by atoms with Crippen molar-refractivity contribution in [1.82, 2.24) is 0 Å². The molecule has 0 aromatic heterocycles. The van der Waals surface area contributed by atoms with Gasteiger partial charge in [0.15, 0.2) is 10.1 Å². The summed E-state index contributed by atoms with van der Waals surface area (Å²) < 4.78 is 81.5. The molecule has 110 valence electrons. The third kappa shape index (κ3) is 7.19. The zero-order valence-electron chi connectivity index (χ0n) is 11.1. The molecular weight excluding hydrogens is 315 g/mol.